The first-order valence-electron chi connectivity index (χ1n) is 3.97. The van der Waals surface area contributed by atoms with Crippen molar-refractivity contribution in [1.82, 2.24) is 0 Å². The highest BCUT2D eigenvalue weighted by molar-refractivity contribution is 5.56. The Kier molecular flexibility index (Phi) is 6.96. The van der Waals surface area contributed by atoms with Crippen LogP contribution in [0.15, 0.2) is 30.6 Å². The standard InChI is InChI=1S/C9H12NO3.BrH/c1-12-7-8-13-9(11)10-5-3-2-4-6-10;/h2-6H,7-8H2,1H3;1H/q+1;/p-1. The molecule has 0 saturated carbocycles. The number of rotatable bonds is 3. The summed E-state index contributed by atoms with van der Waals surface area (Å²) in [5.41, 5.74) is 0. The quantitative estimate of drug-likeness (QED) is 0.451. The Labute approximate surface area is 93.2 Å². The molecule has 0 bridgehead atoms. The van der Waals surface area contributed by atoms with Crippen molar-refractivity contribution in [3.8, 4) is 0 Å². The third kappa shape index (κ3) is 4.34. The molecule has 0 radical (unpaired) electrons. The zero-order valence-electron chi connectivity index (χ0n) is 7.85. The first kappa shape index (κ1) is 13.1. The van der Waals surface area contributed by atoms with Crippen molar-refractivity contribution in [2.45, 2.75) is 0 Å². The van der Waals surface area contributed by atoms with E-state index < -0.39 is 6.09 Å². The summed E-state index contributed by atoms with van der Waals surface area (Å²) in [6.07, 6.45) is 2.88. The predicted octanol–water partition coefficient (Wildman–Crippen LogP) is -2.39. The maximum Gasteiger partial charge on any atom is 0.602 e. The van der Waals surface area contributed by atoms with Crippen LogP contribution in [0, 0.1) is 0 Å². The Morgan fingerprint density at radius 1 is 1.21 bits per heavy atom. The molecule has 0 aliphatic rings. The molecule has 0 atom stereocenters. The molecule has 0 spiro atoms. The lowest BCUT2D eigenvalue weighted by Crippen LogP contribution is -3.00. The van der Waals surface area contributed by atoms with Gasteiger partial charge < -0.3 is 26.5 Å². The summed E-state index contributed by atoms with van der Waals surface area (Å²) in [4.78, 5) is 11.2. The van der Waals surface area contributed by atoms with Gasteiger partial charge in [0.25, 0.3) is 0 Å². The third-order valence-corrected chi connectivity index (χ3v) is 1.44. The normalized spacial score (nSPS) is 8.93. The van der Waals surface area contributed by atoms with Crippen molar-refractivity contribution in [3.63, 3.8) is 0 Å². The van der Waals surface area contributed by atoms with Crippen LogP contribution in [0.2, 0.25) is 0 Å². The van der Waals surface area contributed by atoms with Crippen molar-refractivity contribution in [3.05, 3.63) is 30.6 Å². The monoisotopic (exact) mass is 261 g/mol. The van der Waals surface area contributed by atoms with Gasteiger partial charge in [-0.1, -0.05) is 10.6 Å². The van der Waals surface area contributed by atoms with Crippen LogP contribution in [-0.4, -0.2) is 26.4 Å². The Bertz CT molecular complexity index is 266. The van der Waals surface area contributed by atoms with Gasteiger partial charge in [0.1, 0.15) is 6.61 Å². The number of hydrogen-bond donors (Lipinski definition) is 0. The highest BCUT2D eigenvalue weighted by Crippen LogP contribution is 1.81. The SMILES string of the molecule is COCCOC(=O)[n+]1ccccc1.[Br-]. The van der Waals surface area contributed by atoms with Gasteiger partial charge in [0.2, 0.25) is 0 Å². The van der Waals surface area contributed by atoms with Crippen LogP contribution < -0.4 is 21.5 Å². The summed E-state index contributed by atoms with van der Waals surface area (Å²) >= 11 is 0. The van der Waals surface area contributed by atoms with Gasteiger partial charge in [-0.25, -0.2) is 0 Å². The van der Waals surface area contributed by atoms with Crippen molar-refractivity contribution in [2.75, 3.05) is 20.3 Å². The van der Waals surface area contributed by atoms with Gasteiger partial charge in [0.15, 0.2) is 12.4 Å². The number of aromatic nitrogens is 1. The van der Waals surface area contributed by atoms with E-state index in [-0.39, 0.29) is 23.6 Å². The van der Waals surface area contributed by atoms with Crippen LogP contribution in [0.3, 0.4) is 0 Å². The zero-order valence-corrected chi connectivity index (χ0v) is 9.44. The number of carbonyl (C=O) groups excluding carboxylic acids is 1. The maximum absolute atomic E-state index is 11.2. The number of hydrogen-bond acceptors (Lipinski definition) is 3. The Balaban J connectivity index is 0.00000169. The van der Waals surface area contributed by atoms with Crippen LogP contribution in [0.5, 0.6) is 0 Å². The van der Waals surface area contributed by atoms with Crippen molar-refractivity contribution < 1.29 is 35.8 Å². The first-order valence-corrected chi connectivity index (χ1v) is 3.97. The zero-order chi connectivity index (χ0) is 9.52. The molecule has 0 aromatic carbocycles. The molecule has 0 amide bonds. The molecule has 78 valence electrons. The maximum atomic E-state index is 11.2. The molecule has 1 rings (SSSR count). The van der Waals surface area contributed by atoms with Crippen molar-refractivity contribution in [2.24, 2.45) is 0 Å². The van der Waals surface area contributed by atoms with Gasteiger partial charge in [-0.05, 0) is 0 Å². The lowest BCUT2D eigenvalue weighted by molar-refractivity contribution is -0.586. The largest absolute Gasteiger partial charge is 1.00 e. The van der Waals surface area contributed by atoms with Crippen molar-refractivity contribution in [1.29, 1.82) is 0 Å². The van der Waals surface area contributed by atoms with E-state index in [1.165, 1.54) is 4.57 Å². The summed E-state index contributed by atoms with van der Waals surface area (Å²) in [6, 6.07) is 5.36. The molecular formula is C9H12BrNO3. The Hall–Kier alpha value is -0.940. The molecule has 1 aromatic rings. The third-order valence-electron chi connectivity index (χ3n) is 1.44. The lowest BCUT2D eigenvalue weighted by Gasteiger charge is -1.97. The van der Waals surface area contributed by atoms with Gasteiger partial charge >= 0.3 is 6.09 Å². The van der Waals surface area contributed by atoms with Gasteiger partial charge in [-0.15, -0.1) is 0 Å². The summed E-state index contributed by atoms with van der Waals surface area (Å²) in [7, 11) is 1.56. The molecule has 4 nitrogen and oxygen atoms in total. The number of nitrogens with zero attached hydrogens (tertiary/aromatic N) is 1. The minimum Gasteiger partial charge on any atom is -1.00 e. The molecule has 0 saturated heterocycles. The Morgan fingerprint density at radius 2 is 1.86 bits per heavy atom. The molecule has 0 N–H and O–H groups in total. The van der Waals surface area contributed by atoms with E-state index in [9.17, 15) is 4.79 Å². The van der Waals surface area contributed by atoms with E-state index in [1.807, 2.05) is 6.07 Å². The van der Waals surface area contributed by atoms with E-state index in [4.69, 9.17) is 9.47 Å². The summed E-state index contributed by atoms with van der Waals surface area (Å²) < 4.78 is 11.0. The number of carbonyl (C=O) groups is 1. The second kappa shape index (κ2) is 7.46. The molecule has 0 aliphatic carbocycles. The number of halogens is 1. The second-order valence-corrected chi connectivity index (χ2v) is 2.39. The van der Waals surface area contributed by atoms with Crippen LogP contribution in [0.25, 0.3) is 0 Å². The Morgan fingerprint density at radius 3 is 2.43 bits per heavy atom. The smallest absolute Gasteiger partial charge is 0.602 e. The van der Waals surface area contributed by atoms with Gasteiger partial charge in [-0.2, -0.15) is 4.79 Å². The van der Waals surface area contributed by atoms with E-state index >= 15 is 0 Å². The number of methoxy groups -OCH3 is 1. The number of ether oxygens (including phenoxy) is 2. The minimum atomic E-state index is -0.391. The highest BCUT2D eigenvalue weighted by atomic mass is 79.9. The summed E-state index contributed by atoms with van der Waals surface area (Å²) in [6.45, 7) is 0.691. The van der Waals surface area contributed by atoms with Gasteiger partial charge in [-0.3, -0.25) is 0 Å². The fourth-order valence-corrected chi connectivity index (χ4v) is 0.807. The average molecular weight is 262 g/mol. The van der Waals surface area contributed by atoms with Gasteiger partial charge in [0.05, 0.1) is 6.61 Å². The highest BCUT2D eigenvalue weighted by Gasteiger charge is 2.13. The molecule has 1 aromatic heterocycles. The fraction of sp³-hybridized carbons (Fsp3) is 0.333. The summed E-state index contributed by atoms with van der Waals surface area (Å²) in [5, 5.41) is 0. The van der Waals surface area contributed by atoms with E-state index in [1.54, 1.807) is 31.6 Å². The molecule has 0 aliphatic heterocycles. The van der Waals surface area contributed by atoms with Crippen LogP contribution in [-0.2, 0) is 9.47 Å². The number of pyridine rings is 1. The second-order valence-electron chi connectivity index (χ2n) is 2.39. The van der Waals surface area contributed by atoms with Crippen molar-refractivity contribution >= 4 is 6.09 Å². The molecule has 5 heteroatoms. The molecule has 0 unspecified atom stereocenters. The first-order chi connectivity index (χ1) is 6.34. The van der Waals surface area contributed by atoms with Gasteiger partial charge in [0, 0.05) is 19.2 Å². The predicted molar refractivity (Wildman–Crippen MR) is 45.3 cm³/mol. The minimum absolute atomic E-state index is 0. The molecular weight excluding hydrogens is 250 g/mol. The topological polar surface area (TPSA) is 39.4 Å². The molecule has 1 heterocycles. The lowest BCUT2D eigenvalue weighted by atomic mass is 10.5. The van der Waals surface area contributed by atoms with Crippen LogP contribution in [0.1, 0.15) is 0 Å². The average Bonchev–Trinajstić information content (AvgIpc) is 2.19. The van der Waals surface area contributed by atoms with Crippen LogP contribution in [0.4, 0.5) is 4.79 Å². The van der Waals surface area contributed by atoms with E-state index in [0.717, 1.165) is 0 Å². The summed E-state index contributed by atoms with van der Waals surface area (Å²) in [5.74, 6) is 0. The van der Waals surface area contributed by atoms with Crippen LogP contribution >= 0.6 is 0 Å². The van der Waals surface area contributed by atoms with E-state index in [2.05, 4.69) is 0 Å². The molecule has 0 fully saturated rings. The fourth-order valence-electron chi connectivity index (χ4n) is 0.807. The molecule has 14 heavy (non-hydrogen) atoms. The van der Waals surface area contributed by atoms with E-state index in [0.29, 0.717) is 6.61 Å².